The lowest BCUT2D eigenvalue weighted by Gasteiger charge is -2.24. The predicted molar refractivity (Wildman–Crippen MR) is 259 cm³/mol. The number of aliphatic hydroxyl groups excluding tert-OH is 2. The van der Waals surface area contributed by atoms with Gasteiger partial charge in [0, 0.05) is 6.42 Å². The third-order valence-corrected chi connectivity index (χ3v) is 11.8. The van der Waals surface area contributed by atoms with Crippen LogP contribution in [-0.4, -0.2) is 46.9 Å². The standard InChI is InChI=1S/C54H99NO5/c1-4-7-10-13-16-19-22-24-25-26-27-28-29-32-35-38-41-44-47-54(59)60-50(45-42-39-36-33-30-21-18-15-12-9-6-3)48-53(58)55-51(49-56)52(57)46-43-40-37-34-31-23-20-17-14-11-8-5-2/h9,12,15,18,21,30,33,36,50-52,56-57H,4-8,10-11,13-14,16-17,19-20,22-29,31-32,34-35,37-49H2,1-3H3,(H,55,58)/b12-9+,18-15+,30-21-,36-33-. The fourth-order valence-electron chi connectivity index (χ4n) is 7.86. The van der Waals surface area contributed by atoms with Gasteiger partial charge < -0.3 is 20.3 Å². The molecule has 0 saturated carbocycles. The lowest BCUT2D eigenvalue weighted by Crippen LogP contribution is -2.46. The molecule has 0 fully saturated rings. The van der Waals surface area contributed by atoms with Crippen LogP contribution in [0.2, 0.25) is 0 Å². The molecule has 3 unspecified atom stereocenters. The number of allylic oxidation sites excluding steroid dienone is 8. The van der Waals surface area contributed by atoms with Gasteiger partial charge in [0.2, 0.25) is 5.91 Å². The van der Waals surface area contributed by atoms with Gasteiger partial charge in [0.05, 0.1) is 25.2 Å². The average Bonchev–Trinajstić information content (AvgIpc) is 3.24. The van der Waals surface area contributed by atoms with Gasteiger partial charge in [-0.3, -0.25) is 9.59 Å². The van der Waals surface area contributed by atoms with Crippen molar-refractivity contribution in [3.63, 3.8) is 0 Å². The molecular weight excluding hydrogens is 743 g/mol. The molecule has 0 heterocycles. The molecule has 350 valence electrons. The summed E-state index contributed by atoms with van der Waals surface area (Å²) in [6, 6.07) is -0.720. The van der Waals surface area contributed by atoms with Gasteiger partial charge in [-0.2, -0.15) is 0 Å². The zero-order chi connectivity index (χ0) is 43.8. The van der Waals surface area contributed by atoms with Crippen LogP contribution in [0.25, 0.3) is 0 Å². The number of esters is 1. The minimum absolute atomic E-state index is 0.0341. The van der Waals surface area contributed by atoms with Crippen LogP contribution in [0.4, 0.5) is 0 Å². The summed E-state index contributed by atoms with van der Waals surface area (Å²) in [5, 5.41) is 23.7. The molecule has 3 atom stereocenters. The van der Waals surface area contributed by atoms with E-state index < -0.39 is 18.2 Å². The van der Waals surface area contributed by atoms with Crippen molar-refractivity contribution in [1.29, 1.82) is 0 Å². The minimum Gasteiger partial charge on any atom is -0.462 e. The van der Waals surface area contributed by atoms with Gasteiger partial charge in [-0.05, 0) is 38.5 Å². The molecule has 3 N–H and O–H groups in total. The Morgan fingerprint density at radius 1 is 0.500 bits per heavy atom. The van der Waals surface area contributed by atoms with Gasteiger partial charge >= 0.3 is 5.97 Å². The lowest BCUT2D eigenvalue weighted by atomic mass is 10.0. The largest absolute Gasteiger partial charge is 0.462 e. The highest BCUT2D eigenvalue weighted by atomic mass is 16.5. The molecule has 0 spiro atoms. The Labute approximate surface area is 372 Å². The molecular formula is C54H99NO5. The zero-order valence-corrected chi connectivity index (χ0v) is 39.8. The maximum absolute atomic E-state index is 13.2. The summed E-state index contributed by atoms with van der Waals surface area (Å²) in [5.41, 5.74) is 0. The van der Waals surface area contributed by atoms with Crippen LogP contribution in [0, 0.1) is 0 Å². The molecule has 0 saturated heterocycles. The van der Waals surface area contributed by atoms with Crippen molar-refractivity contribution in [1.82, 2.24) is 5.32 Å². The number of nitrogens with one attached hydrogen (secondary N) is 1. The number of amides is 1. The molecule has 0 rings (SSSR count). The van der Waals surface area contributed by atoms with Gasteiger partial charge in [-0.15, -0.1) is 0 Å². The number of rotatable bonds is 46. The van der Waals surface area contributed by atoms with E-state index >= 15 is 0 Å². The number of unbranched alkanes of at least 4 members (excludes halogenated alkanes) is 29. The fraction of sp³-hybridized carbons (Fsp3) is 0.815. The first-order chi connectivity index (χ1) is 29.5. The van der Waals surface area contributed by atoms with Gasteiger partial charge in [0.1, 0.15) is 6.10 Å². The second kappa shape index (κ2) is 47.9. The summed E-state index contributed by atoms with van der Waals surface area (Å²) in [6.07, 6.45) is 57.6. The summed E-state index contributed by atoms with van der Waals surface area (Å²) >= 11 is 0. The minimum atomic E-state index is -0.802. The second-order valence-corrected chi connectivity index (χ2v) is 17.6. The van der Waals surface area contributed by atoms with Gasteiger partial charge in [-0.25, -0.2) is 0 Å². The van der Waals surface area contributed by atoms with Crippen molar-refractivity contribution < 1.29 is 24.5 Å². The first-order valence-corrected chi connectivity index (χ1v) is 25.9. The Balaban J connectivity index is 4.53. The molecule has 6 nitrogen and oxygen atoms in total. The highest BCUT2D eigenvalue weighted by Gasteiger charge is 2.24. The van der Waals surface area contributed by atoms with E-state index in [4.69, 9.17) is 4.74 Å². The monoisotopic (exact) mass is 842 g/mol. The van der Waals surface area contributed by atoms with E-state index in [0.717, 1.165) is 57.8 Å². The Morgan fingerprint density at radius 3 is 1.33 bits per heavy atom. The van der Waals surface area contributed by atoms with Crippen molar-refractivity contribution in [2.45, 2.75) is 277 Å². The van der Waals surface area contributed by atoms with Crippen molar-refractivity contribution in [3.8, 4) is 0 Å². The Kier molecular flexibility index (Phi) is 46.1. The van der Waals surface area contributed by atoms with Crippen molar-refractivity contribution in [2.24, 2.45) is 0 Å². The third-order valence-electron chi connectivity index (χ3n) is 11.8. The van der Waals surface area contributed by atoms with Crippen LogP contribution in [0.3, 0.4) is 0 Å². The Morgan fingerprint density at radius 2 is 0.900 bits per heavy atom. The van der Waals surface area contributed by atoms with Gasteiger partial charge in [0.15, 0.2) is 0 Å². The molecule has 0 aromatic heterocycles. The first-order valence-electron chi connectivity index (χ1n) is 25.9. The molecule has 6 heteroatoms. The van der Waals surface area contributed by atoms with Crippen LogP contribution in [0.1, 0.15) is 258 Å². The Bertz CT molecular complexity index is 1040. The number of carbonyl (C=O) groups excluding carboxylic acids is 2. The fourth-order valence-corrected chi connectivity index (χ4v) is 7.86. The molecule has 1 amide bonds. The molecule has 0 aromatic rings. The predicted octanol–water partition coefficient (Wildman–Crippen LogP) is 15.5. The topological polar surface area (TPSA) is 95.9 Å². The molecule has 0 aliphatic rings. The number of hydrogen-bond donors (Lipinski definition) is 3. The van der Waals surface area contributed by atoms with E-state index in [1.54, 1.807) is 0 Å². The summed E-state index contributed by atoms with van der Waals surface area (Å²) in [5.74, 6) is -0.534. The summed E-state index contributed by atoms with van der Waals surface area (Å²) < 4.78 is 5.89. The molecule has 0 aliphatic heterocycles. The molecule has 0 aliphatic carbocycles. The number of hydrogen-bond acceptors (Lipinski definition) is 5. The average molecular weight is 842 g/mol. The van der Waals surface area contributed by atoms with Gasteiger partial charge in [0.25, 0.3) is 0 Å². The van der Waals surface area contributed by atoms with Crippen LogP contribution in [-0.2, 0) is 14.3 Å². The zero-order valence-electron chi connectivity index (χ0n) is 39.8. The van der Waals surface area contributed by atoms with Crippen LogP contribution >= 0.6 is 0 Å². The lowest BCUT2D eigenvalue weighted by molar-refractivity contribution is -0.151. The van der Waals surface area contributed by atoms with E-state index in [1.165, 1.54) is 154 Å². The summed E-state index contributed by atoms with van der Waals surface area (Å²) in [4.78, 5) is 26.1. The molecule has 0 aromatic carbocycles. The van der Waals surface area contributed by atoms with E-state index in [9.17, 15) is 19.8 Å². The summed E-state index contributed by atoms with van der Waals surface area (Å²) in [6.45, 7) is 6.33. The highest BCUT2D eigenvalue weighted by Crippen LogP contribution is 2.18. The molecule has 0 bridgehead atoms. The number of carbonyl (C=O) groups is 2. The third kappa shape index (κ3) is 42.5. The maximum atomic E-state index is 13.2. The van der Waals surface area contributed by atoms with Crippen molar-refractivity contribution in [3.05, 3.63) is 48.6 Å². The quantitative estimate of drug-likeness (QED) is 0.0322. The van der Waals surface area contributed by atoms with E-state index in [-0.39, 0.29) is 24.9 Å². The van der Waals surface area contributed by atoms with E-state index in [0.29, 0.717) is 19.3 Å². The molecule has 0 radical (unpaired) electrons. The Hall–Kier alpha value is -2.18. The highest BCUT2D eigenvalue weighted by molar-refractivity contribution is 5.77. The first kappa shape index (κ1) is 57.8. The van der Waals surface area contributed by atoms with Gasteiger partial charge in [-0.1, -0.05) is 256 Å². The van der Waals surface area contributed by atoms with Crippen LogP contribution < -0.4 is 5.32 Å². The normalized spacial score (nSPS) is 13.6. The number of aliphatic hydroxyl groups is 2. The van der Waals surface area contributed by atoms with Crippen molar-refractivity contribution in [2.75, 3.05) is 6.61 Å². The molecule has 60 heavy (non-hydrogen) atoms. The van der Waals surface area contributed by atoms with E-state index in [1.807, 2.05) is 36.5 Å². The van der Waals surface area contributed by atoms with Crippen LogP contribution in [0.5, 0.6) is 0 Å². The summed E-state index contributed by atoms with van der Waals surface area (Å²) in [7, 11) is 0. The second-order valence-electron chi connectivity index (χ2n) is 17.6. The SMILES string of the molecule is CC/C=C/C=C/C=C\C=C/CCCC(CC(=O)NC(CO)C(O)CCCCCCCCCCCCCC)OC(=O)CCCCCCCCCCCCCCCCCCCC. The van der Waals surface area contributed by atoms with E-state index in [2.05, 4.69) is 38.2 Å². The van der Waals surface area contributed by atoms with Crippen LogP contribution in [0.15, 0.2) is 48.6 Å². The smallest absolute Gasteiger partial charge is 0.306 e. The maximum Gasteiger partial charge on any atom is 0.306 e. The number of ether oxygens (including phenoxy) is 1. The van der Waals surface area contributed by atoms with Crippen molar-refractivity contribution >= 4 is 11.9 Å².